The maximum absolute atomic E-state index is 12.5. The highest BCUT2D eigenvalue weighted by molar-refractivity contribution is 5.96. The van der Waals surface area contributed by atoms with Crippen LogP contribution in [-0.2, 0) is 9.59 Å². The SMILES string of the molecule is CC(=O)N(CCC(=O)Nc1c(C)cccc1C(C)C)c1ccccc1C. The lowest BCUT2D eigenvalue weighted by molar-refractivity contribution is -0.117. The summed E-state index contributed by atoms with van der Waals surface area (Å²) in [6.07, 6.45) is 0.250. The number of hydrogen-bond donors (Lipinski definition) is 1. The molecule has 2 rings (SSSR count). The fourth-order valence-electron chi connectivity index (χ4n) is 3.07. The molecule has 0 bridgehead atoms. The predicted octanol–water partition coefficient (Wildman–Crippen LogP) is 4.81. The Labute approximate surface area is 156 Å². The molecule has 0 aliphatic rings. The van der Waals surface area contributed by atoms with Crippen LogP contribution in [0.4, 0.5) is 11.4 Å². The first-order chi connectivity index (χ1) is 12.3. The van der Waals surface area contributed by atoms with Crippen LogP contribution in [0.25, 0.3) is 0 Å². The van der Waals surface area contributed by atoms with Crippen LogP contribution in [0.3, 0.4) is 0 Å². The summed E-state index contributed by atoms with van der Waals surface area (Å²) in [7, 11) is 0. The molecule has 0 heterocycles. The zero-order chi connectivity index (χ0) is 19.3. The van der Waals surface area contributed by atoms with E-state index in [9.17, 15) is 9.59 Å². The molecule has 26 heavy (non-hydrogen) atoms. The van der Waals surface area contributed by atoms with Gasteiger partial charge in [-0.15, -0.1) is 0 Å². The number of nitrogens with one attached hydrogen (secondary N) is 1. The fraction of sp³-hybridized carbons (Fsp3) is 0.364. The Kier molecular flexibility index (Phi) is 6.56. The molecular formula is C22H28N2O2. The molecule has 0 unspecified atom stereocenters. The van der Waals surface area contributed by atoms with Crippen molar-refractivity contribution in [2.75, 3.05) is 16.8 Å². The van der Waals surface area contributed by atoms with Crippen LogP contribution < -0.4 is 10.2 Å². The van der Waals surface area contributed by atoms with Crippen molar-refractivity contribution in [3.8, 4) is 0 Å². The number of nitrogens with zero attached hydrogens (tertiary/aromatic N) is 1. The molecule has 0 atom stereocenters. The molecule has 0 aliphatic carbocycles. The Morgan fingerprint density at radius 3 is 2.27 bits per heavy atom. The number of anilines is 2. The summed E-state index contributed by atoms with van der Waals surface area (Å²) in [6.45, 7) is 10.1. The maximum atomic E-state index is 12.5. The number of amides is 2. The van der Waals surface area contributed by atoms with Crippen LogP contribution in [0.1, 0.15) is 49.8 Å². The lowest BCUT2D eigenvalue weighted by Gasteiger charge is -2.23. The molecule has 0 aliphatic heterocycles. The summed E-state index contributed by atoms with van der Waals surface area (Å²) in [5, 5.41) is 3.04. The van der Waals surface area contributed by atoms with Crippen LogP contribution in [0.15, 0.2) is 42.5 Å². The highest BCUT2D eigenvalue weighted by Gasteiger charge is 2.17. The Morgan fingerprint density at radius 1 is 1.00 bits per heavy atom. The summed E-state index contributed by atoms with van der Waals surface area (Å²) < 4.78 is 0. The van der Waals surface area contributed by atoms with Crippen LogP contribution in [0, 0.1) is 13.8 Å². The van der Waals surface area contributed by atoms with Gasteiger partial charge in [0.25, 0.3) is 0 Å². The smallest absolute Gasteiger partial charge is 0.226 e. The van der Waals surface area contributed by atoms with E-state index in [1.807, 2.05) is 56.3 Å². The van der Waals surface area contributed by atoms with Gasteiger partial charge in [0.15, 0.2) is 0 Å². The van der Waals surface area contributed by atoms with Crippen molar-refractivity contribution in [2.24, 2.45) is 0 Å². The third-order valence-electron chi connectivity index (χ3n) is 4.54. The topological polar surface area (TPSA) is 49.4 Å². The van der Waals surface area contributed by atoms with E-state index < -0.39 is 0 Å². The van der Waals surface area contributed by atoms with E-state index in [1.165, 1.54) is 6.92 Å². The van der Waals surface area contributed by atoms with E-state index >= 15 is 0 Å². The molecule has 1 N–H and O–H groups in total. The average Bonchev–Trinajstić information content (AvgIpc) is 2.58. The van der Waals surface area contributed by atoms with Crippen LogP contribution in [0.2, 0.25) is 0 Å². The van der Waals surface area contributed by atoms with Crippen molar-refractivity contribution in [1.82, 2.24) is 0 Å². The normalized spacial score (nSPS) is 10.7. The average molecular weight is 352 g/mol. The zero-order valence-electron chi connectivity index (χ0n) is 16.3. The third-order valence-corrected chi connectivity index (χ3v) is 4.54. The Hall–Kier alpha value is -2.62. The largest absolute Gasteiger partial charge is 0.326 e. The van der Waals surface area contributed by atoms with Crippen molar-refractivity contribution in [1.29, 1.82) is 0 Å². The second-order valence-corrected chi connectivity index (χ2v) is 6.95. The standard InChI is InChI=1S/C22H28N2O2/c1-15(2)19-11-8-10-17(4)22(19)23-21(26)13-14-24(18(5)25)20-12-7-6-9-16(20)3/h6-12,15H,13-14H2,1-5H3,(H,23,26). The number of para-hydroxylation sites is 2. The van der Waals surface area contributed by atoms with E-state index in [4.69, 9.17) is 0 Å². The minimum Gasteiger partial charge on any atom is -0.326 e. The molecule has 138 valence electrons. The van der Waals surface area contributed by atoms with E-state index in [-0.39, 0.29) is 18.2 Å². The van der Waals surface area contributed by atoms with E-state index in [1.54, 1.807) is 4.90 Å². The molecule has 4 heteroatoms. The first-order valence-corrected chi connectivity index (χ1v) is 9.04. The molecule has 2 amide bonds. The molecule has 2 aromatic rings. The minimum atomic E-state index is -0.0824. The number of aryl methyl sites for hydroxylation is 2. The summed E-state index contributed by atoms with van der Waals surface area (Å²) in [4.78, 5) is 26.3. The van der Waals surface area contributed by atoms with Crippen molar-refractivity contribution in [3.05, 3.63) is 59.2 Å². The van der Waals surface area contributed by atoms with Gasteiger partial charge in [0.05, 0.1) is 0 Å². The first kappa shape index (κ1) is 19.7. The molecule has 4 nitrogen and oxygen atoms in total. The first-order valence-electron chi connectivity index (χ1n) is 9.04. The number of rotatable bonds is 6. The van der Waals surface area contributed by atoms with Gasteiger partial charge in [-0.05, 0) is 42.5 Å². The van der Waals surface area contributed by atoms with Crippen LogP contribution in [-0.4, -0.2) is 18.4 Å². The highest BCUT2D eigenvalue weighted by atomic mass is 16.2. The van der Waals surface area contributed by atoms with Gasteiger partial charge in [0, 0.05) is 31.3 Å². The van der Waals surface area contributed by atoms with Crippen molar-refractivity contribution < 1.29 is 9.59 Å². The highest BCUT2D eigenvalue weighted by Crippen LogP contribution is 2.27. The molecule has 0 fully saturated rings. The molecule has 0 aromatic heterocycles. The zero-order valence-corrected chi connectivity index (χ0v) is 16.3. The van der Waals surface area contributed by atoms with Gasteiger partial charge < -0.3 is 10.2 Å². The predicted molar refractivity (Wildman–Crippen MR) is 108 cm³/mol. The fourth-order valence-corrected chi connectivity index (χ4v) is 3.07. The summed E-state index contributed by atoms with van der Waals surface area (Å²) >= 11 is 0. The van der Waals surface area contributed by atoms with Gasteiger partial charge in [-0.1, -0.05) is 50.2 Å². The van der Waals surface area contributed by atoms with Gasteiger partial charge >= 0.3 is 0 Å². The van der Waals surface area contributed by atoms with Gasteiger partial charge in [0.1, 0.15) is 0 Å². The lowest BCUT2D eigenvalue weighted by atomic mass is 9.98. The molecular weight excluding hydrogens is 324 g/mol. The lowest BCUT2D eigenvalue weighted by Crippen LogP contribution is -2.32. The molecule has 0 saturated carbocycles. The summed E-state index contributed by atoms with van der Waals surface area (Å²) in [5.74, 6) is 0.179. The Balaban J connectivity index is 2.11. The number of benzene rings is 2. The molecule has 0 radical (unpaired) electrons. The number of hydrogen-bond acceptors (Lipinski definition) is 2. The summed E-state index contributed by atoms with van der Waals surface area (Å²) in [6, 6.07) is 13.8. The number of carbonyl (C=O) groups excluding carboxylic acids is 2. The van der Waals surface area contributed by atoms with Gasteiger partial charge in [-0.25, -0.2) is 0 Å². The molecule has 0 spiro atoms. The van der Waals surface area contributed by atoms with E-state index in [0.29, 0.717) is 12.5 Å². The van der Waals surface area contributed by atoms with E-state index in [0.717, 1.165) is 28.1 Å². The second-order valence-electron chi connectivity index (χ2n) is 6.95. The van der Waals surface area contributed by atoms with Crippen molar-refractivity contribution in [3.63, 3.8) is 0 Å². The quantitative estimate of drug-likeness (QED) is 0.811. The Bertz CT molecular complexity index is 796. The van der Waals surface area contributed by atoms with Crippen molar-refractivity contribution in [2.45, 2.75) is 47.0 Å². The van der Waals surface area contributed by atoms with E-state index in [2.05, 4.69) is 19.2 Å². The third kappa shape index (κ3) is 4.72. The van der Waals surface area contributed by atoms with Crippen LogP contribution >= 0.6 is 0 Å². The van der Waals surface area contributed by atoms with Gasteiger partial charge in [-0.3, -0.25) is 9.59 Å². The second kappa shape index (κ2) is 8.65. The van der Waals surface area contributed by atoms with Gasteiger partial charge in [0.2, 0.25) is 11.8 Å². The van der Waals surface area contributed by atoms with Crippen molar-refractivity contribution >= 4 is 23.2 Å². The Morgan fingerprint density at radius 2 is 1.65 bits per heavy atom. The van der Waals surface area contributed by atoms with Crippen LogP contribution in [0.5, 0.6) is 0 Å². The molecule has 2 aromatic carbocycles. The van der Waals surface area contributed by atoms with Gasteiger partial charge in [-0.2, -0.15) is 0 Å². The maximum Gasteiger partial charge on any atom is 0.226 e. The molecule has 0 saturated heterocycles. The monoisotopic (exact) mass is 352 g/mol. The summed E-state index contributed by atoms with van der Waals surface area (Å²) in [5.41, 5.74) is 4.93. The number of carbonyl (C=O) groups is 2. The minimum absolute atomic E-state index is 0.0640.